The second-order valence-electron chi connectivity index (χ2n) is 4.20. The second-order valence-corrected chi connectivity index (χ2v) is 6.94. The molecule has 0 radical (unpaired) electrons. The first-order valence-corrected chi connectivity index (χ1v) is 7.86. The van der Waals surface area contributed by atoms with Crippen LogP contribution in [-0.2, 0) is 10.2 Å². The van der Waals surface area contributed by atoms with E-state index in [1.807, 2.05) is 0 Å². The molecule has 1 aromatic heterocycles. The van der Waals surface area contributed by atoms with E-state index in [-0.39, 0.29) is 16.6 Å². The third-order valence-corrected chi connectivity index (χ3v) is 4.82. The third-order valence-electron chi connectivity index (χ3n) is 2.52. The molecule has 0 aliphatic heterocycles. The predicted molar refractivity (Wildman–Crippen MR) is 79.9 cm³/mol. The van der Waals surface area contributed by atoms with Crippen LogP contribution >= 0.6 is 11.3 Å². The molecule has 20 heavy (non-hydrogen) atoms. The highest BCUT2D eigenvalue weighted by atomic mass is 32.2. The number of anilines is 2. The molecule has 0 saturated heterocycles. The minimum atomic E-state index is -3.57. The largest absolute Gasteiger partial charge is 0.506 e. The van der Waals surface area contributed by atoms with Crippen LogP contribution in [0.5, 0.6) is 5.75 Å². The summed E-state index contributed by atoms with van der Waals surface area (Å²) in [6, 6.07) is 4.70. The van der Waals surface area contributed by atoms with E-state index in [2.05, 4.69) is 9.71 Å². The minimum Gasteiger partial charge on any atom is -0.506 e. The summed E-state index contributed by atoms with van der Waals surface area (Å²) in [4.78, 5) is 4.18. The van der Waals surface area contributed by atoms with Gasteiger partial charge in [0.2, 0.25) is 0 Å². The van der Waals surface area contributed by atoms with Gasteiger partial charge in [0.1, 0.15) is 5.75 Å². The maximum atomic E-state index is 11.7. The van der Waals surface area contributed by atoms with Crippen molar-refractivity contribution >= 4 is 32.4 Å². The van der Waals surface area contributed by atoms with Crippen molar-refractivity contribution in [1.82, 2.24) is 9.29 Å². The quantitative estimate of drug-likeness (QED) is 0.582. The van der Waals surface area contributed by atoms with E-state index in [4.69, 9.17) is 5.73 Å². The van der Waals surface area contributed by atoms with Crippen molar-refractivity contribution in [2.75, 3.05) is 24.6 Å². The van der Waals surface area contributed by atoms with E-state index in [1.54, 1.807) is 17.5 Å². The van der Waals surface area contributed by atoms with E-state index < -0.39 is 10.2 Å². The van der Waals surface area contributed by atoms with Crippen molar-refractivity contribution in [3.63, 3.8) is 0 Å². The summed E-state index contributed by atoms with van der Waals surface area (Å²) < 4.78 is 26.8. The van der Waals surface area contributed by atoms with E-state index in [0.717, 1.165) is 4.31 Å². The van der Waals surface area contributed by atoms with Gasteiger partial charge >= 0.3 is 10.2 Å². The molecule has 0 bridgehead atoms. The summed E-state index contributed by atoms with van der Waals surface area (Å²) in [6.07, 6.45) is 0. The van der Waals surface area contributed by atoms with Gasteiger partial charge in [-0.15, -0.1) is 11.3 Å². The Hall–Kier alpha value is -1.84. The number of phenolic OH excluding ortho intramolecular Hbond substituents is 1. The molecule has 4 N–H and O–H groups in total. The molecule has 1 heterocycles. The van der Waals surface area contributed by atoms with Gasteiger partial charge in [-0.3, -0.25) is 0 Å². The lowest BCUT2D eigenvalue weighted by molar-refractivity contribution is 0.478. The standard InChI is InChI=1S/C11H14N4O3S2/c1-15(2)20(17,18)14-11-13-9(6-19-11)7-3-4-10(16)8(12)5-7/h3-6,16H,12H2,1-2H3,(H,13,14). The molecule has 2 rings (SSSR count). The second kappa shape index (κ2) is 5.27. The fourth-order valence-corrected chi connectivity index (χ4v) is 2.89. The Kier molecular flexibility index (Phi) is 3.84. The zero-order valence-corrected chi connectivity index (χ0v) is 12.5. The molecule has 108 valence electrons. The van der Waals surface area contributed by atoms with Gasteiger partial charge in [0.05, 0.1) is 11.4 Å². The van der Waals surface area contributed by atoms with Crippen LogP contribution in [0.1, 0.15) is 0 Å². The number of hydrogen-bond donors (Lipinski definition) is 3. The fraction of sp³-hybridized carbons (Fsp3) is 0.182. The van der Waals surface area contributed by atoms with Crippen molar-refractivity contribution in [2.24, 2.45) is 0 Å². The van der Waals surface area contributed by atoms with Gasteiger partial charge in [-0.2, -0.15) is 12.7 Å². The summed E-state index contributed by atoms with van der Waals surface area (Å²) in [6.45, 7) is 0. The average Bonchev–Trinajstić information content (AvgIpc) is 2.80. The third kappa shape index (κ3) is 3.00. The Morgan fingerprint density at radius 2 is 2.10 bits per heavy atom. The number of benzene rings is 1. The first-order valence-electron chi connectivity index (χ1n) is 5.54. The Morgan fingerprint density at radius 1 is 1.40 bits per heavy atom. The van der Waals surface area contributed by atoms with E-state index >= 15 is 0 Å². The number of thiazole rings is 1. The molecule has 0 saturated carbocycles. The van der Waals surface area contributed by atoms with Crippen LogP contribution in [0.3, 0.4) is 0 Å². The molecule has 1 aromatic carbocycles. The van der Waals surface area contributed by atoms with Gasteiger partial charge in [-0.25, -0.2) is 9.71 Å². The van der Waals surface area contributed by atoms with Crippen molar-refractivity contribution < 1.29 is 13.5 Å². The highest BCUT2D eigenvalue weighted by Gasteiger charge is 2.15. The first kappa shape index (κ1) is 14.6. The molecule has 0 amide bonds. The highest BCUT2D eigenvalue weighted by Crippen LogP contribution is 2.30. The van der Waals surface area contributed by atoms with Crippen LogP contribution in [0.2, 0.25) is 0 Å². The van der Waals surface area contributed by atoms with Crippen LogP contribution in [0, 0.1) is 0 Å². The molecule has 0 spiro atoms. The number of nitrogen functional groups attached to an aromatic ring is 1. The van der Waals surface area contributed by atoms with Gasteiger partial charge in [-0.1, -0.05) is 0 Å². The number of nitrogens with two attached hydrogens (primary N) is 1. The molecule has 0 aliphatic rings. The summed E-state index contributed by atoms with van der Waals surface area (Å²) in [5, 5.41) is 11.3. The summed E-state index contributed by atoms with van der Waals surface area (Å²) in [5.74, 6) is -0.00230. The monoisotopic (exact) mass is 314 g/mol. The molecule has 7 nitrogen and oxygen atoms in total. The number of nitrogens with one attached hydrogen (secondary N) is 1. The lowest BCUT2D eigenvalue weighted by Gasteiger charge is -2.10. The summed E-state index contributed by atoms with van der Waals surface area (Å²) in [7, 11) is -0.712. The predicted octanol–water partition coefficient (Wildman–Crippen LogP) is 1.32. The maximum Gasteiger partial charge on any atom is 0.302 e. The first-order chi connectivity index (χ1) is 9.29. The van der Waals surface area contributed by atoms with Gasteiger partial charge in [0, 0.05) is 25.0 Å². The normalized spacial score (nSPS) is 11.8. The Labute approximate surface area is 120 Å². The molecular weight excluding hydrogens is 300 g/mol. The topological polar surface area (TPSA) is 109 Å². The van der Waals surface area contributed by atoms with Gasteiger partial charge in [-0.05, 0) is 18.2 Å². The van der Waals surface area contributed by atoms with Crippen molar-refractivity contribution in [3.05, 3.63) is 23.6 Å². The fourth-order valence-electron chi connectivity index (χ4n) is 1.37. The molecule has 0 fully saturated rings. The number of rotatable bonds is 4. The lowest BCUT2D eigenvalue weighted by atomic mass is 10.1. The molecule has 0 unspecified atom stereocenters. The summed E-state index contributed by atoms with van der Waals surface area (Å²) >= 11 is 1.17. The molecule has 9 heteroatoms. The Morgan fingerprint density at radius 3 is 2.70 bits per heavy atom. The minimum absolute atomic E-state index is 0.00230. The van der Waals surface area contributed by atoms with Gasteiger partial charge in [0.25, 0.3) is 0 Å². The van der Waals surface area contributed by atoms with Crippen LogP contribution in [-0.4, -0.2) is 36.9 Å². The molecule has 0 atom stereocenters. The van der Waals surface area contributed by atoms with Crippen LogP contribution in [0.15, 0.2) is 23.6 Å². The number of hydrogen-bond acceptors (Lipinski definition) is 6. The molecule has 0 aliphatic carbocycles. The average molecular weight is 314 g/mol. The van der Waals surface area contributed by atoms with E-state index in [9.17, 15) is 13.5 Å². The Balaban J connectivity index is 2.27. The van der Waals surface area contributed by atoms with Gasteiger partial charge < -0.3 is 10.8 Å². The highest BCUT2D eigenvalue weighted by molar-refractivity contribution is 7.90. The van der Waals surface area contributed by atoms with Crippen molar-refractivity contribution in [1.29, 1.82) is 0 Å². The molecule has 2 aromatic rings. The van der Waals surface area contributed by atoms with Crippen molar-refractivity contribution in [3.8, 4) is 17.0 Å². The zero-order valence-electron chi connectivity index (χ0n) is 10.9. The van der Waals surface area contributed by atoms with E-state index in [0.29, 0.717) is 11.3 Å². The van der Waals surface area contributed by atoms with E-state index in [1.165, 1.54) is 31.5 Å². The zero-order chi connectivity index (χ0) is 14.9. The number of aromatic hydroxyl groups is 1. The van der Waals surface area contributed by atoms with Crippen LogP contribution in [0.25, 0.3) is 11.3 Å². The maximum absolute atomic E-state index is 11.7. The lowest BCUT2D eigenvalue weighted by Crippen LogP contribution is -2.28. The molecular formula is C11H14N4O3S2. The number of aromatic nitrogens is 1. The SMILES string of the molecule is CN(C)S(=O)(=O)Nc1nc(-c2ccc(O)c(N)c2)cs1. The van der Waals surface area contributed by atoms with Crippen molar-refractivity contribution in [2.45, 2.75) is 0 Å². The number of nitrogens with zero attached hydrogens (tertiary/aromatic N) is 2. The smallest absolute Gasteiger partial charge is 0.302 e. The Bertz CT molecular complexity index is 725. The summed E-state index contributed by atoms with van der Waals surface area (Å²) in [5.41, 5.74) is 7.14. The number of phenols is 1. The van der Waals surface area contributed by atoms with Crippen LogP contribution < -0.4 is 10.5 Å². The van der Waals surface area contributed by atoms with Crippen LogP contribution in [0.4, 0.5) is 10.8 Å². The van der Waals surface area contributed by atoms with Gasteiger partial charge in [0.15, 0.2) is 5.13 Å².